The fraction of sp³-hybridized carbons (Fsp3) is 0.273. The maximum Gasteiger partial charge on any atom is 0.261 e. The highest BCUT2D eigenvalue weighted by molar-refractivity contribution is 7.92. The van der Waals surface area contributed by atoms with Crippen LogP contribution in [0.4, 0.5) is 17.2 Å². The molecule has 3 rings (SSSR count). The van der Waals surface area contributed by atoms with Crippen molar-refractivity contribution in [2.45, 2.75) is 32.1 Å². The van der Waals surface area contributed by atoms with E-state index in [0.717, 1.165) is 12.1 Å². The molecule has 8 nitrogen and oxygen atoms in total. The van der Waals surface area contributed by atoms with Crippen molar-refractivity contribution in [2.75, 3.05) is 23.3 Å². The van der Waals surface area contributed by atoms with Gasteiger partial charge < -0.3 is 14.8 Å². The van der Waals surface area contributed by atoms with Gasteiger partial charge in [0.25, 0.3) is 10.0 Å². The predicted molar refractivity (Wildman–Crippen MR) is 121 cm³/mol. The van der Waals surface area contributed by atoms with E-state index >= 15 is 0 Å². The van der Waals surface area contributed by atoms with Crippen LogP contribution in [0.25, 0.3) is 0 Å². The molecule has 0 saturated heterocycles. The summed E-state index contributed by atoms with van der Waals surface area (Å²) in [6.45, 7) is 6.79. The first kappa shape index (κ1) is 22.4. The van der Waals surface area contributed by atoms with Gasteiger partial charge in [0, 0.05) is 17.4 Å². The minimum absolute atomic E-state index is 0.161. The highest BCUT2D eigenvalue weighted by atomic mass is 32.2. The summed E-state index contributed by atoms with van der Waals surface area (Å²) >= 11 is 0. The minimum atomic E-state index is -3.70. The topological polar surface area (TPSA) is 102 Å². The molecule has 0 saturated carbocycles. The zero-order chi connectivity index (χ0) is 22.3. The van der Waals surface area contributed by atoms with Gasteiger partial charge in [0.2, 0.25) is 5.88 Å². The molecule has 2 N–H and O–H groups in total. The smallest absolute Gasteiger partial charge is 0.261 e. The molecule has 1 heterocycles. The molecule has 164 valence electrons. The van der Waals surface area contributed by atoms with Crippen LogP contribution in [0.2, 0.25) is 0 Å². The molecular formula is C22H26N4O4S. The molecule has 1 aromatic heterocycles. The fourth-order valence-corrected chi connectivity index (χ4v) is 3.81. The van der Waals surface area contributed by atoms with Crippen LogP contribution in [0.1, 0.15) is 26.1 Å². The van der Waals surface area contributed by atoms with E-state index in [4.69, 9.17) is 9.47 Å². The van der Waals surface area contributed by atoms with Crippen LogP contribution in [0.3, 0.4) is 0 Å². The molecule has 0 radical (unpaired) electrons. The van der Waals surface area contributed by atoms with Crippen molar-refractivity contribution in [3.05, 3.63) is 60.4 Å². The number of aryl methyl sites for hydroxylation is 1. The van der Waals surface area contributed by atoms with E-state index in [1.807, 2.05) is 13.8 Å². The van der Waals surface area contributed by atoms with Crippen LogP contribution in [0.5, 0.6) is 11.6 Å². The van der Waals surface area contributed by atoms with Crippen LogP contribution in [0, 0.1) is 6.92 Å². The Labute approximate surface area is 182 Å². The van der Waals surface area contributed by atoms with Crippen LogP contribution in [0.15, 0.2) is 59.5 Å². The van der Waals surface area contributed by atoms with Crippen LogP contribution in [-0.4, -0.2) is 31.6 Å². The quantitative estimate of drug-likeness (QED) is 0.476. The third-order valence-corrected chi connectivity index (χ3v) is 5.52. The number of benzene rings is 2. The maximum atomic E-state index is 12.6. The van der Waals surface area contributed by atoms with E-state index in [1.165, 1.54) is 12.1 Å². The third kappa shape index (κ3) is 6.32. The first-order valence-corrected chi connectivity index (χ1v) is 11.5. The summed E-state index contributed by atoms with van der Waals surface area (Å²) in [6.07, 6.45) is 0.889. The minimum Gasteiger partial charge on any atom is -0.494 e. The summed E-state index contributed by atoms with van der Waals surface area (Å²) in [5.41, 5.74) is 1.20. The highest BCUT2D eigenvalue weighted by Gasteiger charge is 2.14. The van der Waals surface area contributed by atoms with Gasteiger partial charge in [-0.25, -0.2) is 13.4 Å². The number of anilines is 3. The lowest BCUT2D eigenvalue weighted by Crippen LogP contribution is -2.12. The molecule has 3 aromatic rings. The van der Waals surface area contributed by atoms with E-state index in [9.17, 15) is 8.42 Å². The monoisotopic (exact) mass is 442 g/mol. The van der Waals surface area contributed by atoms with Crippen LogP contribution >= 0.6 is 0 Å². The summed E-state index contributed by atoms with van der Waals surface area (Å²) in [6, 6.07) is 14.9. The van der Waals surface area contributed by atoms with Gasteiger partial charge in [-0.1, -0.05) is 6.92 Å². The van der Waals surface area contributed by atoms with Crippen LogP contribution in [-0.2, 0) is 10.0 Å². The first-order valence-electron chi connectivity index (χ1n) is 10.0. The number of hydrogen-bond acceptors (Lipinski definition) is 7. The van der Waals surface area contributed by atoms with Crippen LogP contribution < -0.4 is 19.5 Å². The van der Waals surface area contributed by atoms with Gasteiger partial charge in [0.15, 0.2) is 0 Å². The largest absolute Gasteiger partial charge is 0.494 e. The Bertz CT molecular complexity index is 1100. The van der Waals surface area contributed by atoms with Crippen molar-refractivity contribution in [1.29, 1.82) is 0 Å². The van der Waals surface area contributed by atoms with E-state index in [2.05, 4.69) is 20.0 Å². The number of rotatable bonds is 10. The van der Waals surface area contributed by atoms with Gasteiger partial charge in [-0.2, -0.15) is 4.98 Å². The molecule has 0 spiro atoms. The zero-order valence-corrected chi connectivity index (χ0v) is 18.6. The number of aromatic nitrogens is 2. The fourth-order valence-electron chi connectivity index (χ4n) is 2.75. The molecule has 0 aliphatic rings. The number of sulfonamides is 1. The second-order valence-electron chi connectivity index (χ2n) is 6.70. The molecule has 0 bridgehead atoms. The van der Waals surface area contributed by atoms with Gasteiger partial charge in [-0.15, -0.1) is 0 Å². The lowest BCUT2D eigenvalue weighted by molar-refractivity contribution is 0.304. The molecule has 0 unspecified atom stereocenters. The molecule has 2 aromatic carbocycles. The summed E-state index contributed by atoms with van der Waals surface area (Å²) in [5, 5.41) is 3.18. The highest BCUT2D eigenvalue weighted by Crippen LogP contribution is 2.23. The lowest BCUT2D eigenvalue weighted by Gasteiger charge is -2.11. The van der Waals surface area contributed by atoms with Crippen molar-refractivity contribution in [3.63, 3.8) is 0 Å². The average molecular weight is 443 g/mol. The van der Waals surface area contributed by atoms with E-state index in [1.54, 1.807) is 49.4 Å². The molecule has 0 amide bonds. The van der Waals surface area contributed by atoms with Crippen molar-refractivity contribution >= 4 is 27.2 Å². The SMILES string of the molecule is CCCOc1cc(Nc2ccc(NS(=O)(=O)c3ccc(OCC)cc3)cc2)nc(C)n1. The standard InChI is InChI=1S/C22H26N4O4S/c1-4-14-30-22-15-21(23-16(3)24-22)25-17-6-8-18(9-7-17)26-31(27,28)20-12-10-19(11-13-20)29-5-2/h6-13,15,26H,4-5,14H2,1-3H3,(H,23,24,25). The summed E-state index contributed by atoms with van der Waals surface area (Å²) in [4.78, 5) is 8.77. The molecule has 31 heavy (non-hydrogen) atoms. The number of ether oxygens (including phenoxy) is 2. The van der Waals surface area contributed by atoms with Crippen molar-refractivity contribution in [3.8, 4) is 11.6 Å². The van der Waals surface area contributed by atoms with Gasteiger partial charge in [0.05, 0.1) is 18.1 Å². The number of nitrogens with zero attached hydrogens (tertiary/aromatic N) is 2. The summed E-state index contributed by atoms with van der Waals surface area (Å²) in [5.74, 6) is 2.33. The molecule has 0 fully saturated rings. The summed E-state index contributed by atoms with van der Waals surface area (Å²) in [7, 11) is -3.70. The Morgan fingerprint density at radius 2 is 1.58 bits per heavy atom. The molecule has 9 heteroatoms. The summed E-state index contributed by atoms with van der Waals surface area (Å²) < 4.78 is 38.7. The van der Waals surface area contributed by atoms with Crippen molar-refractivity contribution in [2.24, 2.45) is 0 Å². The molecule has 0 aliphatic carbocycles. The first-order chi connectivity index (χ1) is 14.9. The van der Waals surface area contributed by atoms with Gasteiger partial charge in [-0.3, -0.25) is 4.72 Å². The van der Waals surface area contributed by atoms with E-state index in [-0.39, 0.29) is 4.90 Å². The normalized spacial score (nSPS) is 11.1. The lowest BCUT2D eigenvalue weighted by atomic mass is 10.3. The Hall–Kier alpha value is -3.33. The molecule has 0 aliphatic heterocycles. The van der Waals surface area contributed by atoms with Gasteiger partial charge >= 0.3 is 0 Å². The average Bonchev–Trinajstić information content (AvgIpc) is 2.74. The Morgan fingerprint density at radius 3 is 2.23 bits per heavy atom. The number of nitrogens with one attached hydrogen (secondary N) is 2. The zero-order valence-electron chi connectivity index (χ0n) is 17.8. The Morgan fingerprint density at radius 1 is 0.903 bits per heavy atom. The Kier molecular flexibility index (Phi) is 7.30. The predicted octanol–water partition coefficient (Wildman–Crippen LogP) is 4.52. The van der Waals surface area contributed by atoms with Crippen molar-refractivity contribution < 1.29 is 17.9 Å². The number of hydrogen-bond donors (Lipinski definition) is 2. The second kappa shape index (κ2) is 10.1. The molecule has 0 atom stereocenters. The maximum absolute atomic E-state index is 12.6. The van der Waals surface area contributed by atoms with E-state index < -0.39 is 10.0 Å². The third-order valence-electron chi connectivity index (χ3n) is 4.12. The molecular weight excluding hydrogens is 416 g/mol. The Balaban J connectivity index is 1.68. The van der Waals surface area contributed by atoms with E-state index in [0.29, 0.717) is 42.2 Å². The second-order valence-corrected chi connectivity index (χ2v) is 8.38. The van der Waals surface area contributed by atoms with Crippen molar-refractivity contribution in [1.82, 2.24) is 9.97 Å². The van der Waals surface area contributed by atoms with Gasteiger partial charge in [0.1, 0.15) is 17.4 Å². The van der Waals surface area contributed by atoms with Gasteiger partial charge in [-0.05, 0) is 68.8 Å².